The van der Waals surface area contributed by atoms with Crippen LogP contribution in [-0.4, -0.2) is 34.0 Å². The molecule has 20 heavy (non-hydrogen) atoms. The van der Waals surface area contributed by atoms with Crippen molar-refractivity contribution in [2.75, 3.05) is 13.6 Å². The third kappa shape index (κ3) is 4.29. The lowest BCUT2D eigenvalue weighted by atomic mass is 10.1. The van der Waals surface area contributed by atoms with Crippen LogP contribution < -0.4 is 15.8 Å². The summed E-state index contributed by atoms with van der Waals surface area (Å²) in [6.07, 6.45) is 0. The van der Waals surface area contributed by atoms with Crippen LogP contribution in [-0.2, 0) is 10.0 Å². The first-order valence-corrected chi connectivity index (χ1v) is 7.83. The maximum absolute atomic E-state index is 12.0. The van der Waals surface area contributed by atoms with Gasteiger partial charge in [0.15, 0.2) is 0 Å². The lowest BCUT2D eigenvalue weighted by Gasteiger charge is -2.16. The molecule has 0 spiro atoms. The molecule has 1 unspecified atom stereocenters. The summed E-state index contributed by atoms with van der Waals surface area (Å²) in [6.45, 7) is 4.03. The first kappa shape index (κ1) is 16.6. The van der Waals surface area contributed by atoms with Gasteiger partial charge in [0.2, 0.25) is 10.0 Å². The minimum Gasteiger partial charge on any atom is -0.355 e. The van der Waals surface area contributed by atoms with E-state index in [1.54, 1.807) is 0 Å². The highest BCUT2D eigenvalue weighted by Gasteiger charge is 2.17. The molecule has 0 heterocycles. The number of rotatable bonds is 6. The Balaban J connectivity index is 2.80. The van der Waals surface area contributed by atoms with Gasteiger partial charge in [0.1, 0.15) is 0 Å². The van der Waals surface area contributed by atoms with E-state index in [1.807, 2.05) is 13.8 Å². The van der Waals surface area contributed by atoms with Crippen molar-refractivity contribution in [3.8, 4) is 0 Å². The largest absolute Gasteiger partial charge is 0.355 e. The molecule has 0 aliphatic carbocycles. The van der Waals surface area contributed by atoms with Gasteiger partial charge in [-0.15, -0.1) is 0 Å². The molecule has 0 aliphatic heterocycles. The SMILES string of the molecule is CNC(=O)c1ccc(S(=O)(=O)NCC(N)C(C)C)cc1. The zero-order chi connectivity index (χ0) is 15.3. The topological polar surface area (TPSA) is 101 Å². The van der Waals surface area contributed by atoms with Crippen LogP contribution in [0.4, 0.5) is 0 Å². The van der Waals surface area contributed by atoms with Crippen LogP contribution in [0.1, 0.15) is 24.2 Å². The lowest BCUT2D eigenvalue weighted by molar-refractivity contribution is 0.0963. The molecule has 0 aliphatic rings. The average Bonchev–Trinajstić information content (AvgIpc) is 2.44. The van der Waals surface area contributed by atoms with Gasteiger partial charge in [0, 0.05) is 25.2 Å². The number of nitrogens with two attached hydrogens (primary N) is 1. The summed E-state index contributed by atoms with van der Waals surface area (Å²) in [5.41, 5.74) is 6.21. The van der Waals surface area contributed by atoms with Crippen molar-refractivity contribution in [2.45, 2.75) is 24.8 Å². The molecular formula is C13H21N3O3S. The minimum atomic E-state index is -3.60. The van der Waals surface area contributed by atoms with Crippen molar-refractivity contribution in [3.63, 3.8) is 0 Å². The van der Waals surface area contributed by atoms with Gasteiger partial charge in [-0.1, -0.05) is 13.8 Å². The standard InChI is InChI=1S/C13H21N3O3S/c1-9(2)12(14)8-16-20(18,19)11-6-4-10(5-7-11)13(17)15-3/h4-7,9,12,16H,8,14H2,1-3H3,(H,15,17). The monoisotopic (exact) mass is 299 g/mol. The van der Waals surface area contributed by atoms with Crippen LogP contribution >= 0.6 is 0 Å². The Bertz CT molecular complexity index is 553. The molecule has 0 bridgehead atoms. The number of benzene rings is 1. The first-order valence-electron chi connectivity index (χ1n) is 6.35. The normalized spacial score (nSPS) is 13.2. The third-order valence-corrected chi connectivity index (χ3v) is 4.46. The maximum Gasteiger partial charge on any atom is 0.251 e. The molecule has 1 aromatic rings. The Hall–Kier alpha value is -1.44. The van der Waals surface area contributed by atoms with Gasteiger partial charge in [-0.05, 0) is 30.2 Å². The van der Waals surface area contributed by atoms with Gasteiger partial charge in [0.05, 0.1) is 4.90 Å². The Morgan fingerprint density at radius 2 is 1.80 bits per heavy atom. The predicted molar refractivity (Wildman–Crippen MR) is 77.8 cm³/mol. The fourth-order valence-electron chi connectivity index (χ4n) is 1.45. The Labute approximate surface area is 119 Å². The van der Waals surface area contributed by atoms with E-state index in [9.17, 15) is 13.2 Å². The highest BCUT2D eigenvalue weighted by atomic mass is 32.2. The molecule has 0 aromatic heterocycles. The molecule has 4 N–H and O–H groups in total. The quantitative estimate of drug-likeness (QED) is 0.703. The van der Waals surface area contributed by atoms with Crippen molar-refractivity contribution < 1.29 is 13.2 Å². The second kappa shape index (κ2) is 6.83. The van der Waals surface area contributed by atoms with E-state index >= 15 is 0 Å². The fraction of sp³-hybridized carbons (Fsp3) is 0.462. The van der Waals surface area contributed by atoms with E-state index in [1.165, 1.54) is 31.3 Å². The Morgan fingerprint density at radius 1 is 1.25 bits per heavy atom. The minimum absolute atomic E-state index is 0.112. The maximum atomic E-state index is 12.0. The lowest BCUT2D eigenvalue weighted by Crippen LogP contribution is -2.40. The van der Waals surface area contributed by atoms with Gasteiger partial charge >= 0.3 is 0 Å². The van der Waals surface area contributed by atoms with Crippen LogP contribution in [0.2, 0.25) is 0 Å². The Morgan fingerprint density at radius 3 is 2.25 bits per heavy atom. The summed E-state index contributed by atoms with van der Waals surface area (Å²) in [4.78, 5) is 11.5. The summed E-state index contributed by atoms with van der Waals surface area (Å²) in [5, 5.41) is 2.47. The number of carbonyl (C=O) groups is 1. The van der Waals surface area contributed by atoms with E-state index in [-0.39, 0.29) is 29.3 Å². The number of hydrogen-bond donors (Lipinski definition) is 3. The van der Waals surface area contributed by atoms with Gasteiger partial charge in [-0.3, -0.25) is 4.79 Å². The molecule has 0 radical (unpaired) electrons. The van der Waals surface area contributed by atoms with Crippen molar-refractivity contribution in [1.29, 1.82) is 0 Å². The van der Waals surface area contributed by atoms with Crippen molar-refractivity contribution in [2.24, 2.45) is 11.7 Å². The molecule has 1 rings (SSSR count). The summed E-state index contributed by atoms with van der Waals surface area (Å²) in [6, 6.07) is 5.49. The first-order chi connectivity index (χ1) is 9.27. The van der Waals surface area contributed by atoms with Gasteiger partial charge < -0.3 is 11.1 Å². The molecule has 112 valence electrons. The average molecular weight is 299 g/mol. The summed E-state index contributed by atoms with van der Waals surface area (Å²) in [7, 11) is -2.08. The van der Waals surface area contributed by atoms with Crippen molar-refractivity contribution >= 4 is 15.9 Å². The van der Waals surface area contributed by atoms with Gasteiger partial charge in [-0.2, -0.15) is 0 Å². The molecular weight excluding hydrogens is 278 g/mol. The summed E-state index contributed by atoms with van der Waals surface area (Å²) >= 11 is 0. The van der Waals surface area contributed by atoms with Crippen molar-refractivity contribution in [1.82, 2.24) is 10.0 Å². The zero-order valence-corrected chi connectivity index (χ0v) is 12.7. The van der Waals surface area contributed by atoms with Crippen molar-refractivity contribution in [3.05, 3.63) is 29.8 Å². The van der Waals surface area contributed by atoms with Gasteiger partial charge in [0.25, 0.3) is 5.91 Å². The number of amides is 1. The molecule has 6 nitrogen and oxygen atoms in total. The molecule has 1 atom stereocenters. The number of sulfonamides is 1. The molecule has 0 fully saturated rings. The highest BCUT2D eigenvalue weighted by molar-refractivity contribution is 7.89. The third-order valence-electron chi connectivity index (χ3n) is 3.02. The number of nitrogens with one attached hydrogen (secondary N) is 2. The van der Waals surface area contributed by atoms with E-state index in [0.29, 0.717) is 5.56 Å². The molecule has 1 amide bonds. The number of carbonyl (C=O) groups excluding carboxylic acids is 1. The Kier molecular flexibility index (Phi) is 5.67. The predicted octanol–water partition coefficient (Wildman–Crippen LogP) is 0.308. The molecule has 1 aromatic carbocycles. The van der Waals surface area contributed by atoms with E-state index in [0.717, 1.165) is 0 Å². The van der Waals surface area contributed by atoms with Crippen LogP contribution in [0.15, 0.2) is 29.2 Å². The highest BCUT2D eigenvalue weighted by Crippen LogP contribution is 2.11. The van der Waals surface area contributed by atoms with E-state index in [4.69, 9.17) is 5.73 Å². The summed E-state index contributed by atoms with van der Waals surface area (Å²) in [5.74, 6) is -0.0722. The van der Waals surface area contributed by atoms with Crippen LogP contribution in [0.3, 0.4) is 0 Å². The second-order valence-electron chi connectivity index (χ2n) is 4.86. The van der Waals surface area contributed by atoms with Crippen LogP contribution in [0.25, 0.3) is 0 Å². The van der Waals surface area contributed by atoms with Gasteiger partial charge in [-0.25, -0.2) is 13.1 Å². The van der Waals surface area contributed by atoms with E-state index in [2.05, 4.69) is 10.0 Å². The molecule has 0 saturated carbocycles. The fourth-order valence-corrected chi connectivity index (χ4v) is 2.53. The molecule has 7 heteroatoms. The molecule has 0 saturated heterocycles. The zero-order valence-electron chi connectivity index (χ0n) is 11.9. The summed E-state index contributed by atoms with van der Waals surface area (Å²) < 4.78 is 26.6. The van der Waals surface area contributed by atoms with Crippen LogP contribution in [0, 0.1) is 5.92 Å². The number of hydrogen-bond acceptors (Lipinski definition) is 4. The van der Waals surface area contributed by atoms with E-state index < -0.39 is 10.0 Å². The van der Waals surface area contributed by atoms with Crippen LogP contribution in [0.5, 0.6) is 0 Å². The smallest absolute Gasteiger partial charge is 0.251 e. The second-order valence-corrected chi connectivity index (χ2v) is 6.63.